The molecule has 0 amide bonds. The third kappa shape index (κ3) is 3.28. The Bertz CT molecular complexity index is 715. The maximum Gasteiger partial charge on any atom is 0.241 e. The normalized spacial score (nSPS) is 25.5. The number of nitrogens with one attached hydrogen (secondary N) is 2. The van der Waals surface area contributed by atoms with Gasteiger partial charge >= 0.3 is 0 Å². The SMILES string of the molecule is CNc1cc(S(=O)(=O)NC2(C)CCS(=O)(=O)C2)ccn1. The molecule has 112 valence electrons. The molecule has 1 unspecified atom stereocenters. The summed E-state index contributed by atoms with van der Waals surface area (Å²) in [6.07, 6.45) is 1.66. The summed E-state index contributed by atoms with van der Waals surface area (Å²) in [4.78, 5) is 4.00. The highest BCUT2D eigenvalue weighted by Gasteiger charge is 2.41. The molecule has 0 aliphatic carbocycles. The molecule has 1 fully saturated rings. The minimum absolute atomic E-state index is 0.00410. The van der Waals surface area contributed by atoms with Gasteiger partial charge < -0.3 is 5.32 Å². The lowest BCUT2D eigenvalue weighted by molar-refractivity contribution is 0.462. The van der Waals surface area contributed by atoms with Crippen LogP contribution in [0.4, 0.5) is 5.82 Å². The lowest BCUT2D eigenvalue weighted by Crippen LogP contribution is -2.46. The maximum atomic E-state index is 12.3. The van der Waals surface area contributed by atoms with Gasteiger partial charge in [0.2, 0.25) is 10.0 Å². The van der Waals surface area contributed by atoms with Gasteiger partial charge in [0.1, 0.15) is 5.82 Å². The van der Waals surface area contributed by atoms with Crippen molar-refractivity contribution in [1.82, 2.24) is 9.71 Å². The summed E-state index contributed by atoms with van der Waals surface area (Å²) in [5.74, 6) is 0.255. The average Bonchev–Trinajstić information content (AvgIpc) is 2.62. The molecule has 0 saturated carbocycles. The minimum atomic E-state index is -3.78. The molecule has 1 atom stereocenters. The fourth-order valence-corrected chi connectivity index (χ4v) is 5.82. The standard InChI is InChI=1S/C11H17N3O4S2/c1-11(4-6-19(15,16)8-11)14-20(17,18)9-3-5-13-10(7-9)12-2/h3,5,7,14H,4,6,8H2,1-2H3,(H,12,13). The van der Waals surface area contributed by atoms with E-state index in [0.29, 0.717) is 5.82 Å². The summed E-state index contributed by atoms with van der Waals surface area (Å²) < 4.78 is 50.1. The largest absolute Gasteiger partial charge is 0.373 e. The molecule has 20 heavy (non-hydrogen) atoms. The molecule has 0 aromatic carbocycles. The number of pyridine rings is 1. The molecule has 0 radical (unpaired) electrons. The molecule has 2 heterocycles. The Morgan fingerprint density at radius 1 is 1.40 bits per heavy atom. The molecular formula is C11H17N3O4S2. The van der Waals surface area contributed by atoms with Gasteiger partial charge in [-0.25, -0.2) is 26.5 Å². The summed E-state index contributed by atoms with van der Waals surface area (Å²) in [5.41, 5.74) is -0.958. The maximum absolute atomic E-state index is 12.3. The molecule has 1 aliphatic heterocycles. The molecule has 2 N–H and O–H groups in total. The molecule has 1 saturated heterocycles. The van der Waals surface area contributed by atoms with Gasteiger partial charge in [0.25, 0.3) is 0 Å². The van der Waals surface area contributed by atoms with E-state index in [9.17, 15) is 16.8 Å². The zero-order chi connectivity index (χ0) is 15.0. The topological polar surface area (TPSA) is 105 Å². The van der Waals surface area contributed by atoms with Crippen LogP contribution in [-0.4, -0.2) is 45.9 Å². The van der Waals surface area contributed by atoms with E-state index in [1.165, 1.54) is 18.3 Å². The number of hydrogen-bond donors (Lipinski definition) is 2. The molecular weight excluding hydrogens is 302 g/mol. The lowest BCUT2D eigenvalue weighted by atomic mass is 10.0. The summed E-state index contributed by atoms with van der Waals surface area (Å²) in [7, 11) is -5.32. The average molecular weight is 319 g/mol. The van der Waals surface area contributed by atoms with Gasteiger partial charge in [0, 0.05) is 24.8 Å². The van der Waals surface area contributed by atoms with Crippen LogP contribution in [0.25, 0.3) is 0 Å². The third-order valence-corrected chi connectivity index (χ3v) is 6.72. The number of anilines is 1. The summed E-state index contributed by atoms with van der Waals surface area (Å²) >= 11 is 0. The molecule has 9 heteroatoms. The van der Waals surface area contributed by atoms with Crippen molar-refractivity contribution < 1.29 is 16.8 Å². The van der Waals surface area contributed by atoms with E-state index in [1.807, 2.05) is 0 Å². The first-order valence-corrected chi connectivity index (χ1v) is 9.35. The van der Waals surface area contributed by atoms with Crippen molar-refractivity contribution in [2.24, 2.45) is 0 Å². The van der Waals surface area contributed by atoms with Crippen molar-refractivity contribution in [3.05, 3.63) is 18.3 Å². The number of aromatic nitrogens is 1. The Morgan fingerprint density at radius 3 is 2.65 bits per heavy atom. The van der Waals surface area contributed by atoms with Gasteiger partial charge in [0.05, 0.1) is 16.4 Å². The highest BCUT2D eigenvalue weighted by molar-refractivity contribution is 7.92. The predicted molar refractivity (Wildman–Crippen MR) is 75.8 cm³/mol. The smallest absolute Gasteiger partial charge is 0.241 e. The fraction of sp³-hybridized carbons (Fsp3) is 0.545. The van der Waals surface area contributed by atoms with Crippen molar-refractivity contribution in [1.29, 1.82) is 0 Å². The highest BCUT2D eigenvalue weighted by Crippen LogP contribution is 2.25. The van der Waals surface area contributed by atoms with Crippen LogP contribution in [0.5, 0.6) is 0 Å². The molecule has 1 aromatic rings. The van der Waals surface area contributed by atoms with Crippen molar-refractivity contribution in [3.63, 3.8) is 0 Å². The first kappa shape index (κ1) is 15.2. The first-order valence-electron chi connectivity index (χ1n) is 6.04. The van der Waals surface area contributed by atoms with Crippen LogP contribution in [0, 0.1) is 0 Å². The van der Waals surface area contributed by atoms with E-state index in [-0.39, 0.29) is 22.8 Å². The molecule has 0 bridgehead atoms. The molecule has 0 spiro atoms. The number of sulfonamides is 1. The minimum Gasteiger partial charge on any atom is -0.373 e. The van der Waals surface area contributed by atoms with Gasteiger partial charge in [-0.2, -0.15) is 0 Å². The van der Waals surface area contributed by atoms with Crippen LogP contribution in [0.3, 0.4) is 0 Å². The fourth-order valence-electron chi connectivity index (χ4n) is 2.19. The zero-order valence-electron chi connectivity index (χ0n) is 11.3. The summed E-state index contributed by atoms with van der Waals surface area (Å²) in [6.45, 7) is 1.61. The lowest BCUT2D eigenvalue weighted by Gasteiger charge is -2.23. The van der Waals surface area contributed by atoms with Gasteiger partial charge in [-0.3, -0.25) is 0 Å². The van der Waals surface area contributed by atoms with E-state index < -0.39 is 25.4 Å². The van der Waals surface area contributed by atoms with Gasteiger partial charge in [-0.1, -0.05) is 0 Å². The van der Waals surface area contributed by atoms with Crippen LogP contribution < -0.4 is 10.0 Å². The van der Waals surface area contributed by atoms with Crippen molar-refractivity contribution in [2.75, 3.05) is 23.9 Å². The predicted octanol–water partition coefficient (Wildman–Crippen LogP) is -0.0212. The van der Waals surface area contributed by atoms with E-state index in [0.717, 1.165) is 0 Å². The Kier molecular flexibility index (Phi) is 3.78. The van der Waals surface area contributed by atoms with Gasteiger partial charge in [0.15, 0.2) is 9.84 Å². The third-order valence-electron chi connectivity index (χ3n) is 3.18. The van der Waals surface area contributed by atoms with E-state index >= 15 is 0 Å². The number of rotatable bonds is 4. The van der Waals surface area contributed by atoms with Crippen LogP contribution in [0.1, 0.15) is 13.3 Å². The first-order chi connectivity index (χ1) is 9.16. The van der Waals surface area contributed by atoms with Crippen LogP contribution in [0.2, 0.25) is 0 Å². The Morgan fingerprint density at radius 2 is 2.10 bits per heavy atom. The van der Waals surface area contributed by atoms with Crippen LogP contribution >= 0.6 is 0 Å². The van der Waals surface area contributed by atoms with Crippen LogP contribution in [-0.2, 0) is 19.9 Å². The Hall–Kier alpha value is -1.19. The van der Waals surface area contributed by atoms with Crippen molar-refractivity contribution in [3.8, 4) is 0 Å². The monoisotopic (exact) mass is 319 g/mol. The highest BCUT2D eigenvalue weighted by atomic mass is 32.2. The van der Waals surface area contributed by atoms with E-state index in [2.05, 4.69) is 15.0 Å². The number of nitrogens with zero attached hydrogens (tertiary/aromatic N) is 1. The molecule has 7 nitrogen and oxygen atoms in total. The Balaban J connectivity index is 2.28. The Labute approximate surface area is 118 Å². The molecule has 1 aromatic heterocycles. The van der Waals surface area contributed by atoms with E-state index in [4.69, 9.17) is 0 Å². The quantitative estimate of drug-likeness (QED) is 0.808. The van der Waals surface area contributed by atoms with Crippen molar-refractivity contribution in [2.45, 2.75) is 23.8 Å². The number of sulfone groups is 1. The van der Waals surface area contributed by atoms with Gasteiger partial charge in [-0.15, -0.1) is 0 Å². The second-order valence-corrected chi connectivity index (χ2v) is 9.00. The summed E-state index contributed by atoms with van der Waals surface area (Å²) in [6, 6.07) is 2.77. The number of hydrogen-bond acceptors (Lipinski definition) is 6. The summed E-state index contributed by atoms with van der Waals surface area (Å²) in [5, 5.41) is 2.76. The van der Waals surface area contributed by atoms with Crippen LogP contribution in [0.15, 0.2) is 23.2 Å². The van der Waals surface area contributed by atoms with Gasteiger partial charge in [-0.05, 0) is 19.4 Å². The van der Waals surface area contributed by atoms with Crippen molar-refractivity contribution >= 4 is 25.7 Å². The van der Waals surface area contributed by atoms with E-state index in [1.54, 1.807) is 14.0 Å². The second-order valence-electron chi connectivity index (χ2n) is 5.13. The molecule has 1 aliphatic rings. The molecule has 2 rings (SSSR count). The second kappa shape index (κ2) is 4.97. The zero-order valence-corrected chi connectivity index (χ0v) is 12.9.